The van der Waals surface area contributed by atoms with Crippen molar-refractivity contribution in [2.75, 3.05) is 6.61 Å². The zero-order chi connectivity index (χ0) is 15.9. The Balaban J connectivity index is 1.97. The summed E-state index contributed by atoms with van der Waals surface area (Å²) in [4.78, 5) is 0. The molecule has 0 aromatic heterocycles. The molecule has 2 aromatic carbocycles. The van der Waals surface area contributed by atoms with Gasteiger partial charge in [0.2, 0.25) is 0 Å². The van der Waals surface area contributed by atoms with E-state index < -0.39 is 12.7 Å². The van der Waals surface area contributed by atoms with Crippen molar-refractivity contribution in [2.24, 2.45) is 0 Å². The van der Waals surface area contributed by atoms with E-state index in [4.69, 9.17) is 10.00 Å². The Kier molecular flexibility index (Phi) is 5.28. The van der Waals surface area contributed by atoms with Crippen molar-refractivity contribution in [3.05, 3.63) is 59.7 Å². The summed E-state index contributed by atoms with van der Waals surface area (Å²) in [5.74, 6) is 0.392. The molecular formula is C16H13F2NO3. The molecule has 114 valence electrons. The number of ether oxygens (including phenoxy) is 2. The molecule has 2 aromatic rings. The highest BCUT2D eigenvalue weighted by Gasteiger charge is 2.11. The topological polar surface area (TPSA) is 62.5 Å². The average Bonchev–Trinajstić information content (AvgIpc) is 2.53. The second-order valence-electron chi connectivity index (χ2n) is 4.38. The number of halogens is 2. The minimum Gasteiger partial charge on any atom is -0.489 e. The number of nitriles is 1. The first-order valence-electron chi connectivity index (χ1n) is 6.45. The maximum absolute atomic E-state index is 12.0. The van der Waals surface area contributed by atoms with Gasteiger partial charge in [-0.15, -0.1) is 0 Å². The first-order valence-corrected chi connectivity index (χ1v) is 6.45. The van der Waals surface area contributed by atoms with Gasteiger partial charge >= 0.3 is 6.61 Å². The van der Waals surface area contributed by atoms with E-state index in [2.05, 4.69) is 4.74 Å². The Morgan fingerprint density at radius 2 is 1.77 bits per heavy atom. The van der Waals surface area contributed by atoms with Crippen LogP contribution in [0, 0.1) is 11.3 Å². The Morgan fingerprint density at radius 3 is 2.41 bits per heavy atom. The van der Waals surface area contributed by atoms with Crippen molar-refractivity contribution in [3.8, 4) is 17.6 Å². The number of para-hydroxylation sites is 1. The minimum absolute atomic E-state index is 0.0155. The zero-order valence-electron chi connectivity index (χ0n) is 11.4. The summed E-state index contributed by atoms with van der Waals surface area (Å²) < 4.78 is 33.7. The molecule has 0 spiro atoms. The Morgan fingerprint density at radius 1 is 1.09 bits per heavy atom. The molecule has 1 N–H and O–H groups in total. The number of nitrogens with zero attached hydrogens (tertiary/aromatic N) is 1. The largest absolute Gasteiger partial charge is 0.489 e. The van der Waals surface area contributed by atoms with Crippen LogP contribution in [0.5, 0.6) is 11.5 Å². The van der Waals surface area contributed by atoms with Crippen molar-refractivity contribution in [1.82, 2.24) is 0 Å². The van der Waals surface area contributed by atoms with E-state index in [1.165, 1.54) is 24.3 Å². The fraction of sp³-hybridized carbons (Fsp3) is 0.188. The molecule has 0 heterocycles. The number of aliphatic hydroxyl groups excluding tert-OH is 1. The van der Waals surface area contributed by atoms with Crippen LogP contribution in [0.25, 0.3) is 0 Å². The molecule has 22 heavy (non-hydrogen) atoms. The van der Waals surface area contributed by atoms with E-state index in [1.54, 1.807) is 24.3 Å². The number of rotatable bonds is 6. The molecule has 0 saturated heterocycles. The summed E-state index contributed by atoms with van der Waals surface area (Å²) in [5.41, 5.74) is 0.867. The molecule has 0 fully saturated rings. The van der Waals surface area contributed by atoms with Crippen molar-refractivity contribution < 1.29 is 23.4 Å². The Labute approximate surface area is 126 Å². The highest BCUT2D eigenvalue weighted by molar-refractivity contribution is 5.42. The second-order valence-corrected chi connectivity index (χ2v) is 4.38. The van der Waals surface area contributed by atoms with Crippen LogP contribution < -0.4 is 9.47 Å². The third-order valence-electron chi connectivity index (χ3n) is 2.89. The number of hydrogen-bond donors (Lipinski definition) is 1. The predicted octanol–water partition coefficient (Wildman–Crippen LogP) is 3.27. The summed E-state index contributed by atoms with van der Waals surface area (Å²) >= 11 is 0. The van der Waals surface area contributed by atoms with E-state index in [0.717, 1.165) is 0 Å². The van der Waals surface area contributed by atoms with Gasteiger partial charge in [0.15, 0.2) is 0 Å². The Hall–Kier alpha value is -2.65. The van der Waals surface area contributed by atoms with E-state index in [1.807, 2.05) is 6.07 Å². The SMILES string of the molecule is N#Cc1ccccc1OC[C@H](O)c1ccc(OC(F)F)cc1. The van der Waals surface area contributed by atoms with Gasteiger partial charge in [-0.1, -0.05) is 24.3 Å². The van der Waals surface area contributed by atoms with Crippen molar-refractivity contribution >= 4 is 0 Å². The smallest absolute Gasteiger partial charge is 0.387 e. The molecular weight excluding hydrogens is 292 g/mol. The molecule has 0 radical (unpaired) electrons. The summed E-state index contributed by atoms with van der Waals surface area (Å²) in [5, 5.41) is 19.0. The van der Waals surface area contributed by atoms with Gasteiger partial charge < -0.3 is 14.6 Å². The van der Waals surface area contributed by atoms with Gasteiger partial charge in [-0.2, -0.15) is 14.0 Å². The molecule has 4 nitrogen and oxygen atoms in total. The van der Waals surface area contributed by atoms with Crippen LogP contribution in [0.4, 0.5) is 8.78 Å². The molecule has 0 unspecified atom stereocenters. The highest BCUT2D eigenvalue weighted by atomic mass is 19.3. The predicted molar refractivity (Wildman–Crippen MR) is 74.7 cm³/mol. The van der Waals surface area contributed by atoms with Crippen LogP contribution in [-0.2, 0) is 0 Å². The highest BCUT2D eigenvalue weighted by Crippen LogP contribution is 2.22. The molecule has 0 amide bonds. The van der Waals surface area contributed by atoms with Crippen LogP contribution in [0.3, 0.4) is 0 Å². The number of aliphatic hydroxyl groups is 1. The van der Waals surface area contributed by atoms with Crippen molar-refractivity contribution in [3.63, 3.8) is 0 Å². The summed E-state index contributed by atoms with van der Waals surface area (Å²) in [7, 11) is 0. The van der Waals surface area contributed by atoms with Crippen LogP contribution in [0.15, 0.2) is 48.5 Å². The molecule has 0 aliphatic heterocycles. The third kappa shape index (κ3) is 4.17. The molecule has 0 saturated carbocycles. The number of hydrogen-bond acceptors (Lipinski definition) is 4. The van der Waals surface area contributed by atoms with Gasteiger partial charge in [0.25, 0.3) is 0 Å². The molecule has 6 heteroatoms. The van der Waals surface area contributed by atoms with E-state index in [0.29, 0.717) is 16.9 Å². The molecule has 1 atom stereocenters. The maximum Gasteiger partial charge on any atom is 0.387 e. The molecule has 2 rings (SSSR count). The zero-order valence-corrected chi connectivity index (χ0v) is 11.4. The van der Waals surface area contributed by atoms with Crippen molar-refractivity contribution in [2.45, 2.75) is 12.7 Å². The number of benzene rings is 2. The lowest BCUT2D eigenvalue weighted by Crippen LogP contribution is -2.10. The third-order valence-corrected chi connectivity index (χ3v) is 2.89. The maximum atomic E-state index is 12.0. The quantitative estimate of drug-likeness (QED) is 0.889. The fourth-order valence-electron chi connectivity index (χ4n) is 1.82. The van der Waals surface area contributed by atoms with Crippen LogP contribution >= 0.6 is 0 Å². The van der Waals surface area contributed by atoms with Crippen LogP contribution in [0.1, 0.15) is 17.2 Å². The van der Waals surface area contributed by atoms with Gasteiger partial charge in [0.1, 0.15) is 30.3 Å². The fourth-order valence-corrected chi connectivity index (χ4v) is 1.82. The van der Waals surface area contributed by atoms with Gasteiger partial charge in [-0.25, -0.2) is 0 Å². The van der Waals surface area contributed by atoms with Gasteiger partial charge in [0, 0.05) is 0 Å². The molecule has 0 bridgehead atoms. The van der Waals surface area contributed by atoms with E-state index in [9.17, 15) is 13.9 Å². The summed E-state index contributed by atoms with van der Waals surface area (Å²) in [6, 6.07) is 14.3. The van der Waals surface area contributed by atoms with Gasteiger partial charge in [0.05, 0.1) is 5.56 Å². The average molecular weight is 305 g/mol. The van der Waals surface area contributed by atoms with Crippen LogP contribution in [0.2, 0.25) is 0 Å². The number of alkyl halides is 2. The Bertz CT molecular complexity index is 653. The lowest BCUT2D eigenvalue weighted by molar-refractivity contribution is -0.0498. The van der Waals surface area contributed by atoms with Crippen molar-refractivity contribution in [1.29, 1.82) is 5.26 Å². The lowest BCUT2D eigenvalue weighted by atomic mass is 10.1. The standard InChI is InChI=1S/C16H13F2NO3/c17-16(18)22-13-7-5-11(6-8-13)14(20)10-21-15-4-2-1-3-12(15)9-19/h1-8,14,16,20H,10H2/t14-/m0/s1. The normalized spacial score (nSPS) is 11.8. The van der Waals surface area contributed by atoms with Crippen LogP contribution in [-0.4, -0.2) is 18.3 Å². The van der Waals surface area contributed by atoms with E-state index in [-0.39, 0.29) is 12.4 Å². The molecule has 0 aliphatic carbocycles. The summed E-state index contributed by atoms with van der Waals surface area (Å²) in [6.07, 6.45) is -0.952. The molecule has 0 aliphatic rings. The van der Waals surface area contributed by atoms with Gasteiger partial charge in [-0.05, 0) is 29.8 Å². The minimum atomic E-state index is -2.89. The van der Waals surface area contributed by atoms with E-state index >= 15 is 0 Å². The lowest BCUT2D eigenvalue weighted by Gasteiger charge is -2.14. The first-order chi connectivity index (χ1) is 10.6. The monoisotopic (exact) mass is 305 g/mol. The van der Waals surface area contributed by atoms with Gasteiger partial charge in [-0.3, -0.25) is 0 Å². The first kappa shape index (κ1) is 15.7. The summed E-state index contributed by atoms with van der Waals surface area (Å²) in [6.45, 7) is -2.95. The second kappa shape index (κ2) is 7.38.